The number of hydrogen-bond donors (Lipinski definition) is 2. The molecule has 2 heterocycles. The van der Waals surface area contributed by atoms with Crippen LogP contribution in [-0.2, 0) is 22.4 Å². The predicted octanol–water partition coefficient (Wildman–Crippen LogP) is 4.37. The van der Waals surface area contributed by atoms with Crippen LogP contribution in [0.1, 0.15) is 52.4 Å². The topological polar surface area (TPSA) is 77.8 Å². The largest absolute Gasteiger partial charge is 0.382 e. The fraction of sp³-hybridized carbons (Fsp3) is 0.357. The van der Waals surface area contributed by atoms with Crippen molar-refractivity contribution in [3.63, 3.8) is 0 Å². The Morgan fingerprint density at radius 1 is 1.09 bits per heavy atom. The third-order valence-corrected chi connectivity index (χ3v) is 7.54. The molecule has 5 nitrogen and oxygen atoms in total. The molecular formula is C28H30FNO4S. The predicted molar refractivity (Wildman–Crippen MR) is 134 cm³/mol. The number of carbonyl (C=O) groups excluding carboxylic acids is 2. The van der Waals surface area contributed by atoms with Gasteiger partial charge in [0.05, 0.1) is 6.04 Å². The number of carbonyl (C=O) groups is 2. The summed E-state index contributed by atoms with van der Waals surface area (Å²) >= 11 is 1.51. The maximum atomic E-state index is 13.1. The summed E-state index contributed by atoms with van der Waals surface area (Å²) in [6, 6.07) is 16.1. The van der Waals surface area contributed by atoms with E-state index in [1.165, 1.54) is 23.5 Å². The molecule has 1 aliphatic heterocycles. The molecule has 4 rings (SSSR count). The van der Waals surface area contributed by atoms with Crippen molar-refractivity contribution < 1.29 is 24.2 Å². The lowest BCUT2D eigenvalue weighted by Gasteiger charge is -2.28. The number of Topliss-reactive ketones (excluding diaryl/α,β-unsaturated/α-hetero) is 1. The summed E-state index contributed by atoms with van der Waals surface area (Å²) in [5.41, 5.74) is 4.15. The Morgan fingerprint density at radius 3 is 2.60 bits per heavy atom. The zero-order valence-corrected chi connectivity index (χ0v) is 20.5. The second-order valence-corrected chi connectivity index (χ2v) is 10.2. The third-order valence-electron chi connectivity index (χ3n) is 6.49. The van der Waals surface area contributed by atoms with Gasteiger partial charge in [-0.25, -0.2) is 4.39 Å². The molecule has 0 aliphatic carbocycles. The Balaban J connectivity index is 1.31. The average molecular weight is 496 g/mol. The number of likely N-dealkylation sites (tertiary alicyclic amines) is 1. The molecule has 2 aromatic carbocycles. The number of nitrogens with zero attached hydrogens (tertiary/aromatic N) is 1. The van der Waals surface area contributed by atoms with E-state index in [0.717, 1.165) is 40.0 Å². The zero-order valence-electron chi connectivity index (χ0n) is 19.7. The van der Waals surface area contributed by atoms with E-state index in [4.69, 9.17) is 0 Å². The highest BCUT2D eigenvalue weighted by Crippen LogP contribution is 2.33. The Labute approximate surface area is 208 Å². The first-order valence-corrected chi connectivity index (χ1v) is 12.8. The summed E-state index contributed by atoms with van der Waals surface area (Å²) in [7, 11) is 0. The van der Waals surface area contributed by atoms with Crippen molar-refractivity contribution in [1.29, 1.82) is 0 Å². The smallest absolute Gasteiger partial charge is 0.255 e. The van der Waals surface area contributed by atoms with Crippen LogP contribution in [0.2, 0.25) is 0 Å². The molecule has 0 bridgehead atoms. The fourth-order valence-corrected chi connectivity index (χ4v) is 5.51. The van der Waals surface area contributed by atoms with E-state index in [2.05, 4.69) is 0 Å². The Morgan fingerprint density at radius 2 is 1.86 bits per heavy atom. The Kier molecular flexibility index (Phi) is 8.11. The number of thiophene rings is 1. The summed E-state index contributed by atoms with van der Waals surface area (Å²) in [4.78, 5) is 28.1. The number of benzene rings is 2. The van der Waals surface area contributed by atoms with Gasteiger partial charge >= 0.3 is 0 Å². The number of aliphatic hydroxyl groups is 2. The fourth-order valence-electron chi connectivity index (χ4n) is 4.62. The van der Waals surface area contributed by atoms with Crippen molar-refractivity contribution in [2.24, 2.45) is 0 Å². The standard InChI is InChI=1S/C28H30FNO4S/c1-18-4-2-5-21(14-18)24-6-3-13-30(24)28(34)27(33)26(32)25(31)12-11-23-16-20(17-35-23)15-19-7-9-22(29)10-8-19/h2,4-5,7-10,14,16-17,24,26-27,32-33H,3,6,11-13,15H2,1H3/t24?,26-,27+/m0/s1. The lowest BCUT2D eigenvalue weighted by atomic mass is 10.0. The molecule has 35 heavy (non-hydrogen) atoms. The molecule has 0 saturated carbocycles. The quantitative estimate of drug-likeness (QED) is 0.462. The highest BCUT2D eigenvalue weighted by atomic mass is 32.1. The molecule has 3 aromatic rings. The van der Waals surface area contributed by atoms with E-state index < -0.39 is 23.9 Å². The van der Waals surface area contributed by atoms with Crippen LogP contribution in [0, 0.1) is 12.7 Å². The number of aliphatic hydroxyl groups excluding tert-OH is 2. The zero-order chi connectivity index (χ0) is 24.9. The van der Waals surface area contributed by atoms with Crippen LogP contribution >= 0.6 is 11.3 Å². The molecule has 0 spiro atoms. The second-order valence-electron chi connectivity index (χ2n) is 9.18. The molecule has 3 atom stereocenters. The van der Waals surface area contributed by atoms with Gasteiger partial charge in [-0.2, -0.15) is 0 Å². The van der Waals surface area contributed by atoms with Crippen LogP contribution in [0.15, 0.2) is 60.0 Å². The van der Waals surface area contributed by atoms with Crippen molar-refractivity contribution >= 4 is 23.0 Å². The molecule has 1 saturated heterocycles. The van der Waals surface area contributed by atoms with E-state index in [1.807, 2.05) is 42.6 Å². The van der Waals surface area contributed by atoms with Gasteiger partial charge in [-0.1, -0.05) is 42.0 Å². The lowest BCUT2D eigenvalue weighted by molar-refractivity contribution is -0.153. The minimum Gasteiger partial charge on any atom is -0.382 e. The van der Waals surface area contributed by atoms with Gasteiger partial charge in [0.2, 0.25) is 0 Å². The van der Waals surface area contributed by atoms with Crippen LogP contribution in [0.5, 0.6) is 0 Å². The Hall–Kier alpha value is -2.87. The molecule has 184 valence electrons. The van der Waals surface area contributed by atoms with E-state index in [1.54, 1.807) is 17.0 Å². The number of amides is 1. The summed E-state index contributed by atoms with van der Waals surface area (Å²) in [5.74, 6) is -1.42. The monoisotopic (exact) mass is 495 g/mol. The van der Waals surface area contributed by atoms with Crippen LogP contribution in [0.4, 0.5) is 4.39 Å². The summed E-state index contributed by atoms with van der Waals surface area (Å²) in [6.45, 7) is 2.47. The molecular weight excluding hydrogens is 465 g/mol. The first-order chi connectivity index (χ1) is 16.8. The van der Waals surface area contributed by atoms with Crippen LogP contribution < -0.4 is 0 Å². The maximum absolute atomic E-state index is 13.1. The number of hydrogen-bond acceptors (Lipinski definition) is 5. The molecule has 7 heteroatoms. The van der Waals surface area contributed by atoms with Crippen molar-refractivity contribution in [3.05, 3.63) is 92.9 Å². The van der Waals surface area contributed by atoms with Gasteiger partial charge in [0.1, 0.15) is 11.9 Å². The van der Waals surface area contributed by atoms with E-state index in [-0.39, 0.29) is 18.3 Å². The van der Waals surface area contributed by atoms with Gasteiger partial charge in [0.15, 0.2) is 11.9 Å². The number of rotatable bonds is 9. The first kappa shape index (κ1) is 25.2. The minimum absolute atomic E-state index is 0.0311. The van der Waals surface area contributed by atoms with Gasteiger partial charge in [0.25, 0.3) is 5.91 Å². The van der Waals surface area contributed by atoms with Gasteiger partial charge in [-0.15, -0.1) is 11.3 Å². The molecule has 1 unspecified atom stereocenters. The van der Waals surface area contributed by atoms with E-state index >= 15 is 0 Å². The summed E-state index contributed by atoms with van der Waals surface area (Å²) < 4.78 is 13.1. The van der Waals surface area contributed by atoms with E-state index in [0.29, 0.717) is 19.4 Å². The normalized spacial score (nSPS) is 17.4. The van der Waals surface area contributed by atoms with Crippen molar-refractivity contribution in [1.82, 2.24) is 4.90 Å². The number of halogens is 1. The number of ketones is 1. The average Bonchev–Trinajstić information content (AvgIpc) is 3.52. The Bertz CT molecular complexity index is 1180. The van der Waals surface area contributed by atoms with Crippen molar-refractivity contribution in [2.45, 2.75) is 57.3 Å². The lowest BCUT2D eigenvalue weighted by Crippen LogP contribution is -2.47. The molecule has 2 N–H and O–H groups in total. The van der Waals surface area contributed by atoms with Gasteiger partial charge in [-0.05, 0) is 72.9 Å². The molecule has 0 radical (unpaired) electrons. The van der Waals surface area contributed by atoms with Crippen molar-refractivity contribution in [2.75, 3.05) is 6.54 Å². The maximum Gasteiger partial charge on any atom is 0.255 e. The summed E-state index contributed by atoms with van der Waals surface area (Å²) in [6.07, 6.45) is -0.822. The number of aryl methyl sites for hydroxylation is 2. The highest BCUT2D eigenvalue weighted by molar-refractivity contribution is 7.10. The van der Waals surface area contributed by atoms with Crippen molar-refractivity contribution in [3.8, 4) is 0 Å². The minimum atomic E-state index is -1.77. The second kappa shape index (κ2) is 11.2. The van der Waals surface area contributed by atoms with E-state index in [9.17, 15) is 24.2 Å². The molecule has 1 aliphatic rings. The summed E-state index contributed by atoms with van der Waals surface area (Å²) in [5, 5.41) is 23.0. The van der Waals surface area contributed by atoms with Gasteiger partial charge in [-0.3, -0.25) is 9.59 Å². The SMILES string of the molecule is Cc1cccc(C2CCCN2C(=O)[C@H](O)[C@@H](O)C(=O)CCc2cc(Cc3ccc(F)cc3)cs2)c1. The highest BCUT2D eigenvalue weighted by Gasteiger charge is 2.38. The molecule has 1 amide bonds. The molecule has 1 aromatic heterocycles. The van der Waals surface area contributed by atoms with Crippen LogP contribution in [-0.4, -0.2) is 45.6 Å². The molecule has 1 fully saturated rings. The van der Waals surface area contributed by atoms with Gasteiger partial charge < -0.3 is 15.1 Å². The van der Waals surface area contributed by atoms with Gasteiger partial charge in [0, 0.05) is 17.8 Å². The first-order valence-electron chi connectivity index (χ1n) is 11.9. The van der Waals surface area contributed by atoms with Crippen LogP contribution in [0.3, 0.4) is 0 Å². The van der Waals surface area contributed by atoms with Crippen LogP contribution in [0.25, 0.3) is 0 Å². The third kappa shape index (κ3) is 6.23.